The highest BCUT2D eigenvalue weighted by Gasteiger charge is 2.18. The van der Waals surface area contributed by atoms with Gasteiger partial charge < -0.3 is 16.0 Å². The molecular weight excluding hydrogens is 384 g/mol. The van der Waals surface area contributed by atoms with Crippen LogP contribution in [0, 0.1) is 10.1 Å². The molecule has 1 atom stereocenters. The highest BCUT2D eigenvalue weighted by Crippen LogP contribution is 2.22. The number of nitro benzene ring substituents is 1. The highest BCUT2D eigenvalue weighted by molar-refractivity contribution is 5.97. The van der Waals surface area contributed by atoms with E-state index in [1.807, 2.05) is 12.1 Å². The highest BCUT2D eigenvalue weighted by atomic mass is 16.6. The zero-order valence-electron chi connectivity index (χ0n) is 17.7. The number of carbonyl (C=O) groups is 2. The molecule has 160 valence electrons. The monoisotopic (exact) mass is 412 g/mol. The molecule has 0 fully saturated rings. The van der Waals surface area contributed by atoms with Gasteiger partial charge in [-0.3, -0.25) is 19.7 Å². The Hall–Kier alpha value is -3.42. The number of nitro groups is 1. The molecule has 0 radical (unpaired) electrons. The molecule has 8 nitrogen and oxygen atoms in total. The lowest BCUT2D eigenvalue weighted by Crippen LogP contribution is -2.45. The molecule has 2 aromatic rings. The van der Waals surface area contributed by atoms with Gasteiger partial charge in [0, 0.05) is 36.5 Å². The number of amides is 2. The van der Waals surface area contributed by atoms with E-state index in [4.69, 9.17) is 0 Å². The lowest BCUT2D eigenvalue weighted by Gasteiger charge is -2.19. The lowest BCUT2D eigenvalue weighted by molar-refractivity contribution is -0.384. The van der Waals surface area contributed by atoms with Gasteiger partial charge in [0.25, 0.3) is 11.6 Å². The van der Waals surface area contributed by atoms with Crippen molar-refractivity contribution in [3.05, 3.63) is 69.8 Å². The number of anilines is 1. The van der Waals surface area contributed by atoms with Gasteiger partial charge in [-0.15, -0.1) is 0 Å². The Morgan fingerprint density at radius 2 is 1.60 bits per heavy atom. The number of benzene rings is 2. The molecule has 0 aliphatic heterocycles. The zero-order chi connectivity index (χ0) is 22.3. The second kappa shape index (κ2) is 9.87. The van der Waals surface area contributed by atoms with E-state index in [0.29, 0.717) is 18.7 Å². The van der Waals surface area contributed by atoms with Crippen LogP contribution in [0.5, 0.6) is 0 Å². The van der Waals surface area contributed by atoms with Crippen LogP contribution < -0.4 is 16.0 Å². The lowest BCUT2D eigenvalue weighted by atomic mass is 9.86. The summed E-state index contributed by atoms with van der Waals surface area (Å²) in [6.07, 6.45) is 0. The molecule has 0 spiro atoms. The van der Waals surface area contributed by atoms with Gasteiger partial charge in [0.05, 0.1) is 4.92 Å². The standard InChI is InChI=1S/C22H28N4O4/c1-15(25-21(28)16-5-7-17(8-6-16)22(2,3)4)20(27)24-14-13-23-18-9-11-19(12-10-18)26(29)30/h5-12,15,23H,13-14H2,1-4H3,(H,24,27)(H,25,28). The first kappa shape index (κ1) is 22.9. The summed E-state index contributed by atoms with van der Waals surface area (Å²) in [5.41, 5.74) is 2.37. The minimum absolute atomic E-state index is 0.00465. The molecule has 0 heterocycles. The Balaban J connectivity index is 1.76. The van der Waals surface area contributed by atoms with Gasteiger partial charge in [0.15, 0.2) is 0 Å². The summed E-state index contributed by atoms with van der Waals surface area (Å²) in [6.45, 7) is 8.72. The molecule has 0 saturated carbocycles. The van der Waals surface area contributed by atoms with Gasteiger partial charge in [0.2, 0.25) is 5.91 Å². The van der Waals surface area contributed by atoms with E-state index in [0.717, 1.165) is 11.3 Å². The van der Waals surface area contributed by atoms with Crippen molar-refractivity contribution in [3.63, 3.8) is 0 Å². The Bertz CT molecular complexity index is 887. The van der Waals surface area contributed by atoms with E-state index < -0.39 is 11.0 Å². The molecule has 3 N–H and O–H groups in total. The molecule has 8 heteroatoms. The van der Waals surface area contributed by atoms with Gasteiger partial charge >= 0.3 is 0 Å². The first-order chi connectivity index (χ1) is 14.1. The van der Waals surface area contributed by atoms with Gasteiger partial charge in [-0.1, -0.05) is 32.9 Å². The number of hydrogen-bond acceptors (Lipinski definition) is 5. The average Bonchev–Trinajstić information content (AvgIpc) is 2.70. The van der Waals surface area contributed by atoms with E-state index in [2.05, 4.69) is 36.7 Å². The molecule has 0 bridgehead atoms. The van der Waals surface area contributed by atoms with Crippen molar-refractivity contribution in [1.29, 1.82) is 0 Å². The number of nitrogens with zero attached hydrogens (tertiary/aromatic N) is 1. The van der Waals surface area contributed by atoms with Crippen molar-refractivity contribution < 1.29 is 14.5 Å². The molecule has 0 aliphatic carbocycles. The third-order valence-corrected chi connectivity index (χ3v) is 4.59. The third kappa shape index (κ3) is 6.58. The van der Waals surface area contributed by atoms with E-state index in [1.54, 1.807) is 31.2 Å². The molecule has 2 amide bonds. The second-order valence-electron chi connectivity index (χ2n) is 8.04. The molecular formula is C22H28N4O4. The van der Waals surface area contributed by atoms with Crippen molar-refractivity contribution in [3.8, 4) is 0 Å². The minimum atomic E-state index is -0.681. The summed E-state index contributed by atoms with van der Waals surface area (Å²) in [6, 6.07) is 12.7. The van der Waals surface area contributed by atoms with Crippen LogP contribution in [0.2, 0.25) is 0 Å². The fourth-order valence-electron chi connectivity index (χ4n) is 2.71. The SMILES string of the molecule is CC(NC(=O)c1ccc(C(C)(C)C)cc1)C(=O)NCCNc1ccc([N+](=O)[O-])cc1. The fraction of sp³-hybridized carbons (Fsp3) is 0.364. The Morgan fingerprint density at radius 3 is 2.13 bits per heavy atom. The normalized spacial score (nSPS) is 12.0. The van der Waals surface area contributed by atoms with Gasteiger partial charge in [-0.25, -0.2) is 0 Å². The van der Waals surface area contributed by atoms with E-state index in [-0.39, 0.29) is 22.9 Å². The maximum atomic E-state index is 12.4. The van der Waals surface area contributed by atoms with Crippen LogP contribution in [0.25, 0.3) is 0 Å². The predicted molar refractivity (Wildman–Crippen MR) is 117 cm³/mol. The van der Waals surface area contributed by atoms with Crippen molar-refractivity contribution in [2.45, 2.75) is 39.2 Å². The van der Waals surface area contributed by atoms with E-state index in [1.165, 1.54) is 12.1 Å². The molecule has 2 rings (SSSR count). The van der Waals surface area contributed by atoms with Gasteiger partial charge in [-0.05, 0) is 42.2 Å². The van der Waals surface area contributed by atoms with E-state index in [9.17, 15) is 19.7 Å². The summed E-state index contributed by atoms with van der Waals surface area (Å²) in [5, 5.41) is 19.1. The topological polar surface area (TPSA) is 113 Å². The van der Waals surface area contributed by atoms with Crippen LogP contribution in [0.15, 0.2) is 48.5 Å². The zero-order valence-corrected chi connectivity index (χ0v) is 17.7. The Kier molecular flexibility index (Phi) is 7.52. The molecule has 0 aliphatic rings. The summed E-state index contributed by atoms with van der Waals surface area (Å²) in [5.74, 6) is -0.595. The van der Waals surface area contributed by atoms with Crippen LogP contribution in [0.4, 0.5) is 11.4 Å². The first-order valence-corrected chi connectivity index (χ1v) is 9.75. The van der Waals surface area contributed by atoms with Gasteiger partial charge in [0.1, 0.15) is 6.04 Å². The molecule has 30 heavy (non-hydrogen) atoms. The van der Waals surface area contributed by atoms with Crippen molar-refractivity contribution in [1.82, 2.24) is 10.6 Å². The average molecular weight is 412 g/mol. The fourth-order valence-corrected chi connectivity index (χ4v) is 2.71. The third-order valence-electron chi connectivity index (χ3n) is 4.59. The molecule has 0 aromatic heterocycles. The summed E-state index contributed by atoms with van der Waals surface area (Å²) < 4.78 is 0. The molecule has 2 aromatic carbocycles. The van der Waals surface area contributed by atoms with Crippen LogP contribution in [-0.2, 0) is 10.2 Å². The number of hydrogen-bond donors (Lipinski definition) is 3. The largest absolute Gasteiger partial charge is 0.383 e. The maximum absolute atomic E-state index is 12.4. The second-order valence-corrected chi connectivity index (χ2v) is 8.04. The number of carbonyl (C=O) groups excluding carboxylic acids is 2. The van der Waals surface area contributed by atoms with E-state index >= 15 is 0 Å². The minimum Gasteiger partial charge on any atom is -0.383 e. The Labute approximate surface area is 176 Å². The van der Waals surface area contributed by atoms with Crippen LogP contribution >= 0.6 is 0 Å². The van der Waals surface area contributed by atoms with Crippen LogP contribution in [0.1, 0.15) is 43.6 Å². The Morgan fingerprint density at radius 1 is 1.00 bits per heavy atom. The quantitative estimate of drug-likeness (QED) is 0.350. The van der Waals surface area contributed by atoms with Crippen molar-refractivity contribution >= 4 is 23.2 Å². The number of nitrogens with one attached hydrogen (secondary N) is 3. The molecule has 0 saturated heterocycles. The summed E-state index contributed by atoms with van der Waals surface area (Å²) in [7, 11) is 0. The summed E-state index contributed by atoms with van der Waals surface area (Å²) >= 11 is 0. The smallest absolute Gasteiger partial charge is 0.269 e. The number of non-ortho nitro benzene ring substituents is 1. The molecule has 1 unspecified atom stereocenters. The van der Waals surface area contributed by atoms with Crippen molar-refractivity contribution in [2.75, 3.05) is 18.4 Å². The van der Waals surface area contributed by atoms with Crippen LogP contribution in [-0.4, -0.2) is 35.9 Å². The number of rotatable bonds is 8. The summed E-state index contributed by atoms with van der Waals surface area (Å²) in [4.78, 5) is 34.7. The predicted octanol–water partition coefficient (Wildman–Crippen LogP) is 3.24. The van der Waals surface area contributed by atoms with Gasteiger partial charge in [-0.2, -0.15) is 0 Å². The van der Waals surface area contributed by atoms with Crippen LogP contribution in [0.3, 0.4) is 0 Å². The van der Waals surface area contributed by atoms with Crippen molar-refractivity contribution in [2.24, 2.45) is 0 Å². The first-order valence-electron chi connectivity index (χ1n) is 9.75. The maximum Gasteiger partial charge on any atom is 0.269 e.